The SMILES string of the molecule is Cc1c(CCC(=O)OC(C)(C)C)cccc1NC(=O)C(c1ccc(Cn2ccc3ccccc3c2=O)cc1)C1CCCC1. The molecule has 224 valence electrons. The number of anilines is 1. The lowest BCUT2D eigenvalue weighted by Gasteiger charge is -2.24. The van der Waals surface area contributed by atoms with Crippen LogP contribution in [0.4, 0.5) is 5.69 Å². The number of ether oxygens (including phenoxy) is 1. The van der Waals surface area contributed by atoms with Crippen LogP contribution in [0, 0.1) is 12.8 Å². The molecule has 1 aromatic heterocycles. The number of benzene rings is 3. The predicted octanol–water partition coefficient (Wildman–Crippen LogP) is 7.55. The summed E-state index contributed by atoms with van der Waals surface area (Å²) >= 11 is 0. The lowest BCUT2D eigenvalue weighted by Crippen LogP contribution is -2.27. The number of fused-ring (bicyclic) bond motifs is 1. The van der Waals surface area contributed by atoms with Gasteiger partial charge in [0.05, 0.1) is 12.5 Å². The largest absolute Gasteiger partial charge is 0.460 e. The number of carbonyl (C=O) groups is 2. The van der Waals surface area contributed by atoms with Gasteiger partial charge in [-0.2, -0.15) is 0 Å². The van der Waals surface area contributed by atoms with Gasteiger partial charge >= 0.3 is 5.97 Å². The Hall–Kier alpha value is -4.19. The molecule has 0 spiro atoms. The van der Waals surface area contributed by atoms with Crippen LogP contribution in [0.2, 0.25) is 0 Å². The van der Waals surface area contributed by atoms with E-state index in [1.54, 1.807) is 4.57 Å². The van der Waals surface area contributed by atoms with Gasteiger partial charge in [-0.15, -0.1) is 0 Å². The molecular formula is C37H42N2O4. The molecule has 1 N–H and O–H groups in total. The monoisotopic (exact) mass is 578 g/mol. The van der Waals surface area contributed by atoms with Crippen molar-refractivity contribution >= 4 is 28.3 Å². The van der Waals surface area contributed by atoms with Crippen LogP contribution >= 0.6 is 0 Å². The zero-order valence-electron chi connectivity index (χ0n) is 25.7. The fraction of sp³-hybridized carbons (Fsp3) is 0.378. The molecule has 0 bridgehead atoms. The number of carbonyl (C=O) groups excluding carboxylic acids is 2. The summed E-state index contributed by atoms with van der Waals surface area (Å²) in [6, 6.07) is 23.6. The minimum atomic E-state index is -0.510. The summed E-state index contributed by atoms with van der Waals surface area (Å²) in [5.41, 5.74) is 4.27. The average Bonchev–Trinajstić information content (AvgIpc) is 3.50. The Morgan fingerprint density at radius 1 is 0.953 bits per heavy atom. The van der Waals surface area contributed by atoms with E-state index in [1.165, 1.54) is 0 Å². The summed E-state index contributed by atoms with van der Waals surface area (Å²) in [4.78, 5) is 39.2. The molecule has 43 heavy (non-hydrogen) atoms. The minimum Gasteiger partial charge on any atom is -0.460 e. The molecule has 1 saturated carbocycles. The molecule has 6 heteroatoms. The summed E-state index contributed by atoms with van der Waals surface area (Å²) in [6.45, 7) is 8.07. The molecule has 4 aromatic rings. The highest BCUT2D eigenvalue weighted by Crippen LogP contribution is 2.38. The van der Waals surface area contributed by atoms with Crippen molar-refractivity contribution in [1.82, 2.24) is 4.57 Å². The number of nitrogens with zero attached hydrogens (tertiary/aromatic N) is 1. The zero-order chi connectivity index (χ0) is 30.6. The molecule has 0 aliphatic heterocycles. The highest BCUT2D eigenvalue weighted by atomic mass is 16.6. The fourth-order valence-corrected chi connectivity index (χ4v) is 6.24. The van der Waals surface area contributed by atoms with Gasteiger partial charge in [0, 0.05) is 23.7 Å². The summed E-state index contributed by atoms with van der Waals surface area (Å²) < 4.78 is 7.20. The van der Waals surface area contributed by atoms with Gasteiger partial charge in [0.1, 0.15) is 5.60 Å². The van der Waals surface area contributed by atoms with E-state index in [0.29, 0.717) is 18.4 Å². The number of rotatable bonds is 9. The quantitative estimate of drug-likeness (QED) is 0.208. The highest BCUT2D eigenvalue weighted by Gasteiger charge is 2.32. The van der Waals surface area contributed by atoms with Crippen molar-refractivity contribution in [1.29, 1.82) is 0 Å². The normalized spacial score (nSPS) is 14.5. The Morgan fingerprint density at radius 2 is 1.67 bits per heavy atom. The molecule has 1 unspecified atom stereocenters. The average molecular weight is 579 g/mol. The second-order valence-electron chi connectivity index (χ2n) is 12.8. The van der Waals surface area contributed by atoms with E-state index < -0.39 is 5.60 Å². The topological polar surface area (TPSA) is 77.4 Å². The Kier molecular flexibility index (Phi) is 9.14. The van der Waals surface area contributed by atoms with Gasteiger partial charge in [-0.25, -0.2) is 0 Å². The lowest BCUT2D eigenvalue weighted by molar-refractivity contribution is -0.154. The van der Waals surface area contributed by atoms with Crippen molar-refractivity contribution in [3.63, 3.8) is 0 Å². The van der Waals surface area contributed by atoms with Crippen molar-refractivity contribution in [3.8, 4) is 0 Å². The molecular weight excluding hydrogens is 536 g/mol. The molecule has 6 nitrogen and oxygen atoms in total. The standard InChI is InChI=1S/C37H42N2O4/c1-25-27(20-21-33(40)43-37(2,3)4)13-9-15-32(25)38-35(41)34(29-11-5-6-12-29)30-18-16-26(17-19-30)24-39-23-22-28-10-7-8-14-31(28)36(39)42/h7-10,13-19,22-23,29,34H,5-6,11-12,20-21,24H2,1-4H3,(H,38,41). The third kappa shape index (κ3) is 7.42. The zero-order valence-corrected chi connectivity index (χ0v) is 25.7. The maximum absolute atomic E-state index is 13.9. The third-order valence-electron chi connectivity index (χ3n) is 8.45. The molecule has 1 amide bonds. The van der Waals surface area contributed by atoms with Crippen LogP contribution in [-0.2, 0) is 27.3 Å². The van der Waals surface area contributed by atoms with Gasteiger partial charge in [-0.3, -0.25) is 14.4 Å². The van der Waals surface area contributed by atoms with Gasteiger partial charge in [-0.05, 0) is 98.7 Å². The summed E-state index contributed by atoms with van der Waals surface area (Å²) in [6.07, 6.45) is 7.02. The molecule has 1 fully saturated rings. The van der Waals surface area contributed by atoms with Gasteiger partial charge < -0.3 is 14.6 Å². The molecule has 1 aliphatic carbocycles. The van der Waals surface area contributed by atoms with E-state index in [2.05, 4.69) is 5.32 Å². The van der Waals surface area contributed by atoms with Gasteiger partial charge in [0.15, 0.2) is 0 Å². The van der Waals surface area contributed by atoms with E-state index in [0.717, 1.165) is 59.0 Å². The van der Waals surface area contributed by atoms with Gasteiger partial charge in [0.25, 0.3) is 5.56 Å². The van der Waals surface area contributed by atoms with Crippen molar-refractivity contribution in [2.75, 3.05) is 5.32 Å². The van der Waals surface area contributed by atoms with Gasteiger partial charge in [0.2, 0.25) is 5.91 Å². The van der Waals surface area contributed by atoms with E-state index in [-0.39, 0.29) is 35.7 Å². The Balaban J connectivity index is 1.32. The smallest absolute Gasteiger partial charge is 0.306 e. The molecule has 0 saturated heterocycles. The molecule has 5 rings (SSSR count). The second-order valence-corrected chi connectivity index (χ2v) is 12.8. The van der Waals surface area contributed by atoms with E-state index in [4.69, 9.17) is 4.74 Å². The Labute approximate surface area is 254 Å². The number of hydrogen-bond donors (Lipinski definition) is 1. The number of amides is 1. The summed E-state index contributed by atoms with van der Waals surface area (Å²) in [5, 5.41) is 4.88. The van der Waals surface area contributed by atoms with Crippen molar-refractivity contribution in [3.05, 3.63) is 112 Å². The highest BCUT2D eigenvalue weighted by molar-refractivity contribution is 5.97. The number of hydrogen-bond acceptors (Lipinski definition) is 4. The van der Waals surface area contributed by atoms with Crippen molar-refractivity contribution in [2.24, 2.45) is 5.92 Å². The van der Waals surface area contributed by atoms with Crippen LogP contribution in [0.3, 0.4) is 0 Å². The lowest BCUT2D eigenvalue weighted by atomic mass is 9.83. The minimum absolute atomic E-state index is 0.00205. The molecule has 3 aromatic carbocycles. The van der Waals surface area contributed by atoms with Crippen LogP contribution < -0.4 is 10.9 Å². The van der Waals surface area contributed by atoms with Crippen molar-refractivity contribution in [2.45, 2.75) is 84.3 Å². The Bertz CT molecular complexity index is 1660. The van der Waals surface area contributed by atoms with E-state index >= 15 is 0 Å². The summed E-state index contributed by atoms with van der Waals surface area (Å²) in [7, 11) is 0. The van der Waals surface area contributed by atoms with E-state index in [1.807, 2.05) is 107 Å². The molecule has 0 radical (unpaired) electrons. The molecule has 1 aliphatic rings. The van der Waals surface area contributed by atoms with E-state index in [9.17, 15) is 14.4 Å². The number of nitrogens with one attached hydrogen (secondary N) is 1. The van der Waals surface area contributed by atoms with Crippen LogP contribution in [-0.4, -0.2) is 22.0 Å². The number of aromatic nitrogens is 1. The van der Waals surface area contributed by atoms with Crippen LogP contribution in [0.25, 0.3) is 10.8 Å². The molecule has 1 heterocycles. The second kappa shape index (κ2) is 13.0. The molecule has 1 atom stereocenters. The first kappa shape index (κ1) is 30.3. The number of esters is 1. The number of pyridine rings is 1. The maximum Gasteiger partial charge on any atom is 0.306 e. The van der Waals surface area contributed by atoms with Crippen LogP contribution in [0.5, 0.6) is 0 Å². The first-order valence-electron chi connectivity index (χ1n) is 15.4. The van der Waals surface area contributed by atoms with Gasteiger partial charge in [-0.1, -0.05) is 67.4 Å². The summed E-state index contributed by atoms with van der Waals surface area (Å²) in [5.74, 6) is -0.205. The number of aryl methyl sites for hydroxylation is 1. The predicted molar refractivity (Wildman–Crippen MR) is 172 cm³/mol. The third-order valence-corrected chi connectivity index (χ3v) is 8.45. The maximum atomic E-state index is 13.9. The Morgan fingerprint density at radius 3 is 2.40 bits per heavy atom. The first-order chi connectivity index (χ1) is 20.6. The van der Waals surface area contributed by atoms with Crippen molar-refractivity contribution < 1.29 is 14.3 Å². The van der Waals surface area contributed by atoms with Crippen LogP contribution in [0.15, 0.2) is 83.8 Å². The first-order valence-corrected chi connectivity index (χ1v) is 15.4. The van der Waals surface area contributed by atoms with Crippen LogP contribution in [0.1, 0.15) is 81.0 Å². The fourth-order valence-electron chi connectivity index (χ4n) is 6.24.